The van der Waals surface area contributed by atoms with Crippen molar-refractivity contribution in [3.63, 3.8) is 0 Å². The van der Waals surface area contributed by atoms with Gasteiger partial charge in [-0.05, 0) is 97.0 Å². The van der Waals surface area contributed by atoms with Crippen LogP contribution in [-0.4, -0.2) is 4.57 Å². The molecule has 0 aliphatic carbocycles. The summed E-state index contributed by atoms with van der Waals surface area (Å²) in [7, 11) is 0. The van der Waals surface area contributed by atoms with Gasteiger partial charge in [0.25, 0.3) is 0 Å². The second-order valence-corrected chi connectivity index (χ2v) is 13.3. The van der Waals surface area contributed by atoms with Crippen LogP contribution in [0.4, 0.5) is 0 Å². The highest BCUT2D eigenvalue weighted by molar-refractivity contribution is 6.25. The highest BCUT2D eigenvalue weighted by Crippen LogP contribution is 2.40. The second kappa shape index (κ2) is 10.4. The minimum atomic E-state index is 0.905. The Morgan fingerprint density at radius 3 is 1.58 bits per heavy atom. The van der Waals surface area contributed by atoms with Crippen molar-refractivity contribution in [2.75, 3.05) is 0 Å². The van der Waals surface area contributed by atoms with E-state index < -0.39 is 0 Å². The number of rotatable bonds is 3. The van der Waals surface area contributed by atoms with Crippen LogP contribution in [0.5, 0.6) is 0 Å². The van der Waals surface area contributed by atoms with Gasteiger partial charge < -0.3 is 8.98 Å². The van der Waals surface area contributed by atoms with Crippen molar-refractivity contribution in [3.05, 3.63) is 176 Å². The Morgan fingerprint density at radius 1 is 0.280 bits per heavy atom. The lowest BCUT2D eigenvalue weighted by Gasteiger charge is -2.13. The summed E-state index contributed by atoms with van der Waals surface area (Å²) in [5.41, 5.74) is 10.1. The minimum Gasteiger partial charge on any atom is -0.456 e. The molecule has 0 bridgehead atoms. The van der Waals surface area contributed by atoms with Gasteiger partial charge in [-0.2, -0.15) is 0 Å². The fourth-order valence-corrected chi connectivity index (χ4v) is 8.26. The molecule has 0 fully saturated rings. The predicted octanol–water partition coefficient (Wildman–Crippen LogP) is 13.5. The van der Waals surface area contributed by atoms with Crippen LogP contribution in [0.2, 0.25) is 0 Å². The van der Waals surface area contributed by atoms with Crippen molar-refractivity contribution in [3.8, 4) is 27.9 Å². The average molecular weight is 636 g/mol. The SMILES string of the molecule is c1cc(-c2cccc(-n3c4ccccc4c4cc5c(cc43)oc3ccccc35)c2)cc(-c2ccc3c4ccccc4c4ccccc4c3c2)c1. The zero-order valence-corrected chi connectivity index (χ0v) is 27.1. The molecule has 0 saturated heterocycles. The first-order valence-electron chi connectivity index (χ1n) is 17.2. The number of hydrogen-bond donors (Lipinski definition) is 0. The zero-order valence-electron chi connectivity index (χ0n) is 27.1. The first-order chi connectivity index (χ1) is 24.8. The van der Waals surface area contributed by atoms with E-state index in [1.54, 1.807) is 0 Å². The largest absolute Gasteiger partial charge is 0.456 e. The standard InChI is InChI=1S/C48H29NO/c1-2-17-37-35(15-1)36-16-3-4-18-38(36)42-27-33(23-24-39(37)42)31-12-9-11-30(25-31)32-13-10-14-34(26-32)49-45-21-7-5-19-40(45)43-28-44-41-20-6-8-22-47(41)50-48(44)29-46(43)49/h1-29H. The lowest BCUT2D eigenvalue weighted by molar-refractivity contribution is 0.669. The van der Waals surface area contributed by atoms with Gasteiger partial charge in [0.15, 0.2) is 0 Å². The van der Waals surface area contributed by atoms with E-state index in [-0.39, 0.29) is 0 Å². The molecule has 232 valence electrons. The molecule has 0 saturated carbocycles. The first kappa shape index (κ1) is 27.3. The van der Waals surface area contributed by atoms with Crippen molar-refractivity contribution in [1.29, 1.82) is 0 Å². The average Bonchev–Trinajstić information content (AvgIpc) is 3.72. The molecule has 0 aliphatic heterocycles. The van der Waals surface area contributed by atoms with Gasteiger partial charge in [0.2, 0.25) is 0 Å². The first-order valence-corrected chi connectivity index (χ1v) is 17.2. The van der Waals surface area contributed by atoms with Crippen LogP contribution in [0, 0.1) is 0 Å². The van der Waals surface area contributed by atoms with Crippen molar-refractivity contribution >= 4 is 76.1 Å². The molecule has 2 nitrogen and oxygen atoms in total. The van der Waals surface area contributed by atoms with E-state index >= 15 is 0 Å². The van der Waals surface area contributed by atoms with Gasteiger partial charge >= 0.3 is 0 Å². The van der Waals surface area contributed by atoms with Gasteiger partial charge in [0, 0.05) is 33.3 Å². The van der Waals surface area contributed by atoms with Gasteiger partial charge in [0.1, 0.15) is 11.2 Å². The summed E-state index contributed by atoms with van der Waals surface area (Å²) in [5, 5.41) is 12.5. The van der Waals surface area contributed by atoms with E-state index in [0.717, 1.165) is 33.1 Å². The summed E-state index contributed by atoms with van der Waals surface area (Å²) in [6, 6.07) is 63.9. The lowest BCUT2D eigenvalue weighted by Crippen LogP contribution is -1.94. The number of benzene rings is 9. The number of aromatic nitrogens is 1. The topological polar surface area (TPSA) is 18.1 Å². The zero-order chi connectivity index (χ0) is 32.8. The van der Waals surface area contributed by atoms with Crippen LogP contribution in [-0.2, 0) is 0 Å². The molecule has 0 atom stereocenters. The molecular weight excluding hydrogens is 607 g/mol. The van der Waals surface area contributed by atoms with E-state index in [9.17, 15) is 0 Å². The molecule has 0 aliphatic rings. The van der Waals surface area contributed by atoms with Crippen molar-refractivity contribution in [2.24, 2.45) is 0 Å². The van der Waals surface area contributed by atoms with Gasteiger partial charge in [-0.15, -0.1) is 0 Å². The molecule has 2 heteroatoms. The lowest BCUT2D eigenvalue weighted by atomic mass is 9.91. The Labute approximate surface area is 288 Å². The third-order valence-corrected chi connectivity index (χ3v) is 10.5. The third-order valence-electron chi connectivity index (χ3n) is 10.5. The summed E-state index contributed by atoms with van der Waals surface area (Å²) in [6.07, 6.45) is 0. The Morgan fingerprint density at radius 2 is 0.840 bits per heavy atom. The Hall–Kier alpha value is -6.64. The molecule has 0 unspecified atom stereocenters. The number of nitrogens with zero attached hydrogens (tertiary/aromatic N) is 1. The van der Waals surface area contributed by atoms with E-state index in [0.29, 0.717) is 0 Å². The molecule has 9 aromatic carbocycles. The summed E-state index contributed by atoms with van der Waals surface area (Å²) in [5.74, 6) is 0. The molecule has 50 heavy (non-hydrogen) atoms. The van der Waals surface area contributed by atoms with Crippen LogP contribution in [0.25, 0.3) is 104 Å². The molecular formula is C48H29NO. The highest BCUT2D eigenvalue weighted by Gasteiger charge is 2.17. The Kier molecular flexibility index (Phi) is 5.70. The van der Waals surface area contributed by atoms with E-state index in [1.165, 1.54) is 70.9 Å². The second-order valence-electron chi connectivity index (χ2n) is 13.3. The van der Waals surface area contributed by atoms with Gasteiger partial charge in [-0.3, -0.25) is 0 Å². The van der Waals surface area contributed by atoms with Crippen molar-refractivity contribution in [2.45, 2.75) is 0 Å². The quantitative estimate of drug-likeness (QED) is 0.177. The molecule has 11 rings (SSSR count). The Bertz CT molecular complexity index is 3120. The third kappa shape index (κ3) is 3.96. The summed E-state index contributed by atoms with van der Waals surface area (Å²) in [6.45, 7) is 0. The maximum atomic E-state index is 6.35. The normalized spacial score (nSPS) is 12.0. The van der Waals surface area contributed by atoms with Crippen molar-refractivity contribution in [1.82, 2.24) is 4.57 Å². The molecule has 0 radical (unpaired) electrons. The summed E-state index contributed by atoms with van der Waals surface area (Å²) < 4.78 is 8.73. The number of furan rings is 1. The van der Waals surface area contributed by atoms with Crippen LogP contribution in [0.1, 0.15) is 0 Å². The van der Waals surface area contributed by atoms with Crippen molar-refractivity contribution < 1.29 is 4.42 Å². The van der Waals surface area contributed by atoms with Gasteiger partial charge in [0.05, 0.1) is 11.0 Å². The monoisotopic (exact) mass is 635 g/mol. The molecule has 0 amide bonds. The molecule has 0 spiro atoms. The van der Waals surface area contributed by atoms with E-state index in [1.807, 2.05) is 12.1 Å². The number of para-hydroxylation sites is 2. The van der Waals surface area contributed by atoms with Gasteiger partial charge in [-0.25, -0.2) is 0 Å². The molecule has 2 aromatic heterocycles. The molecule has 11 aromatic rings. The highest BCUT2D eigenvalue weighted by atomic mass is 16.3. The fourth-order valence-electron chi connectivity index (χ4n) is 8.26. The molecule has 0 N–H and O–H groups in total. The smallest absolute Gasteiger partial charge is 0.137 e. The Balaban J connectivity index is 1.06. The van der Waals surface area contributed by atoms with Crippen LogP contribution in [0.15, 0.2) is 180 Å². The number of fused-ring (bicyclic) bond motifs is 12. The number of hydrogen-bond acceptors (Lipinski definition) is 1. The summed E-state index contributed by atoms with van der Waals surface area (Å²) in [4.78, 5) is 0. The maximum Gasteiger partial charge on any atom is 0.137 e. The minimum absolute atomic E-state index is 0.905. The van der Waals surface area contributed by atoms with E-state index in [4.69, 9.17) is 4.42 Å². The summed E-state index contributed by atoms with van der Waals surface area (Å²) >= 11 is 0. The fraction of sp³-hybridized carbons (Fsp3) is 0. The molecule has 2 heterocycles. The van der Waals surface area contributed by atoms with E-state index in [2.05, 4.69) is 168 Å². The van der Waals surface area contributed by atoms with Gasteiger partial charge in [-0.1, -0.05) is 127 Å². The predicted molar refractivity (Wildman–Crippen MR) is 211 cm³/mol. The maximum absolute atomic E-state index is 6.35. The van der Waals surface area contributed by atoms with Crippen LogP contribution < -0.4 is 0 Å². The van der Waals surface area contributed by atoms with Crippen LogP contribution in [0.3, 0.4) is 0 Å². The van der Waals surface area contributed by atoms with Crippen LogP contribution >= 0.6 is 0 Å².